The van der Waals surface area contributed by atoms with E-state index in [0.29, 0.717) is 19.5 Å². The van der Waals surface area contributed by atoms with Gasteiger partial charge in [0.1, 0.15) is 0 Å². The molecule has 1 aliphatic rings. The molecule has 154 valence electrons. The zero-order chi connectivity index (χ0) is 20.9. The number of hydrogen-bond donors (Lipinski definition) is 2. The summed E-state index contributed by atoms with van der Waals surface area (Å²) in [4.78, 5) is 38.5. The van der Waals surface area contributed by atoms with Crippen LogP contribution in [0.25, 0.3) is 0 Å². The summed E-state index contributed by atoms with van der Waals surface area (Å²) in [5, 5.41) is 12.3. The van der Waals surface area contributed by atoms with Crippen molar-refractivity contribution in [2.24, 2.45) is 17.3 Å². The third kappa shape index (κ3) is 6.08. The Labute approximate surface area is 167 Å². The molecule has 1 saturated heterocycles. The van der Waals surface area contributed by atoms with E-state index in [0.717, 1.165) is 24.0 Å². The number of hydrogen-bond acceptors (Lipinski definition) is 3. The maximum atomic E-state index is 12.6. The predicted octanol–water partition coefficient (Wildman–Crippen LogP) is 2.64. The average Bonchev–Trinajstić information content (AvgIpc) is 2.63. The van der Waals surface area contributed by atoms with E-state index in [-0.39, 0.29) is 24.3 Å². The standard InChI is InChI=1S/C22H32N2O4/c1-15-7-5-8-16(11-15)12-18(20(26)27)13-23-19(25)17-9-6-10-24(14-17)21(28)22(2,3)4/h5,7-8,11,17-18H,6,9-10,12-14H2,1-4H3,(H,23,25)(H,26,27). The minimum atomic E-state index is -0.921. The highest BCUT2D eigenvalue weighted by atomic mass is 16.4. The Balaban J connectivity index is 1.93. The highest BCUT2D eigenvalue weighted by Gasteiger charge is 2.33. The minimum Gasteiger partial charge on any atom is -0.481 e. The molecule has 1 heterocycles. The van der Waals surface area contributed by atoms with Crippen LogP contribution in [0.2, 0.25) is 0 Å². The third-order valence-electron chi connectivity index (χ3n) is 5.16. The molecule has 0 aromatic heterocycles. The van der Waals surface area contributed by atoms with Crippen molar-refractivity contribution in [2.45, 2.75) is 47.0 Å². The first-order chi connectivity index (χ1) is 13.1. The van der Waals surface area contributed by atoms with Crippen LogP contribution in [0.15, 0.2) is 24.3 Å². The molecule has 28 heavy (non-hydrogen) atoms. The molecule has 1 aromatic carbocycles. The first-order valence-corrected chi connectivity index (χ1v) is 9.93. The molecule has 6 nitrogen and oxygen atoms in total. The van der Waals surface area contributed by atoms with Gasteiger partial charge in [-0.2, -0.15) is 0 Å². The van der Waals surface area contributed by atoms with E-state index in [4.69, 9.17) is 0 Å². The highest BCUT2D eigenvalue weighted by molar-refractivity contribution is 5.84. The second kappa shape index (κ2) is 9.22. The third-order valence-corrected chi connectivity index (χ3v) is 5.16. The quantitative estimate of drug-likeness (QED) is 0.784. The van der Waals surface area contributed by atoms with E-state index < -0.39 is 17.3 Å². The van der Waals surface area contributed by atoms with Gasteiger partial charge in [-0.3, -0.25) is 14.4 Å². The van der Waals surface area contributed by atoms with Crippen LogP contribution in [0.1, 0.15) is 44.7 Å². The number of nitrogens with one attached hydrogen (secondary N) is 1. The van der Waals surface area contributed by atoms with Crippen LogP contribution in [0.5, 0.6) is 0 Å². The Morgan fingerprint density at radius 3 is 2.61 bits per heavy atom. The number of carboxylic acid groups (broad SMARTS) is 1. The zero-order valence-electron chi connectivity index (χ0n) is 17.3. The minimum absolute atomic E-state index is 0.0489. The summed E-state index contributed by atoms with van der Waals surface area (Å²) in [6.45, 7) is 8.76. The van der Waals surface area contributed by atoms with E-state index in [1.165, 1.54) is 0 Å². The molecular weight excluding hydrogens is 356 g/mol. The zero-order valence-corrected chi connectivity index (χ0v) is 17.3. The van der Waals surface area contributed by atoms with E-state index in [2.05, 4.69) is 5.32 Å². The Morgan fingerprint density at radius 1 is 1.29 bits per heavy atom. The van der Waals surface area contributed by atoms with Crippen LogP contribution in [-0.4, -0.2) is 47.4 Å². The van der Waals surface area contributed by atoms with Gasteiger partial charge in [0.15, 0.2) is 0 Å². The van der Waals surface area contributed by atoms with Gasteiger partial charge in [-0.25, -0.2) is 0 Å². The fraction of sp³-hybridized carbons (Fsp3) is 0.591. The topological polar surface area (TPSA) is 86.7 Å². The molecule has 0 bridgehead atoms. The molecule has 0 radical (unpaired) electrons. The lowest BCUT2D eigenvalue weighted by Crippen LogP contribution is -2.49. The van der Waals surface area contributed by atoms with Gasteiger partial charge in [-0.05, 0) is 31.7 Å². The van der Waals surface area contributed by atoms with Gasteiger partial charge in [0.25, 0.3) is 0 Å². The number of piperidine rings is 1. The molecule has 2 N–H and O–H groups in total. The Morgan fingerprint density at radius 2 is 2.00 bits per heavy atom. The second-order valence-electron chi connectivity index (χ2n) is 8.81. The van der Waals surface area contributed by atoms with Crippen molar-refractivity contribution < 1.29 is 19.5 Å². The molecule has 1 aliphatic heterocycles. The lowest BCUT2D eigenvalue weighted by Gasteiger charge is -2.36. The summed E-state index contributed by atoms with van der Waals surface area (Å²) in [7, 11) is 0. The van der Waals surface area contributed by atoms with Crippen molar-refractivity contribution in [3.05, 3.63) is 35.4 Å². The van der Waals surface area contributed by atoms with E-state index in [1.807, 2.05) is 52.0 Å². The molecular formula is C22H32N2O4. The van der Waals surface area contributed by atoms with E-state index in [1.54, 1.807) is 4.90 Å². The monoisotopic (exact) mass is 388 g/mol. The Kier molecular flexibility index (Phi) is 7.22. The number of carbonyl (C=O) groups excluding carboxylic acids is 2. The van der Waals surface area contributed by atoms with Crippen molar-refractivity contribution in [1.82, 2.24) is 10.2 Å². The van der Waals surface area contributed by atoms with Gasteiger partial charge in [0, 0.05) is 25.0 Å². The van der Waals surface area contributed by atoms with E-state index >= 15 is 0 Å². The van der Waals surface area contributed by atoms with Crippen LogP contribution >= 0.6 is 0 Å². The number of likely N-dealkylation sites (tertiary alicyclic amines) is 1. The lowest BCUT2D eigenvalue weighted by atomic mass is 9.90. The Bertz CT molecular complexity index is 723. The maximum absolute atomic E-state index is 12.6. The van der Waals surface area contributed by atoms with Gasteiger partial charge in [0.2, 0.25) is 11.8 Å². The first-order valence-electron chi connectivity index (χ1n) is 9.93. The number of aryl methyl sites for hydroxylation is 1. The van der Waals surface area contributed by atoms with Gasteiger partial charge in [-0.15, -0.1) is 0 Å². The molecule has 1 fully saturated rings. The summed E-state index contributed by atoms with van der Waals surface area (Å²) < 4.78 is 0. The summed E-state index contributed by atoms with van der Waals surface area (Å²) >= 11 is 0. The average molecular weight is 389 g/mol. The fourth-order valence-electron chi connectivity index (χ4n) is 3.59. The highest BCUT2D eigenvalue weighted by Crippen LogP contribution is 2.23. The summed E-state index contributed by atoms with van der Waals surface area (Å²) in [6, 6.07) is 7.75. The molecule has 2 rings (SSSR count). The van der Waals surface area contributed by atoms with Gasteiger partial charge in [-0.1, -0.05) is 50.6 Å². The largest absolute Gasteiger partial charge is 0.481 e. The number of rotatable bonds is 6. The molecule has 2 atom stereocenters. The van der Waals surface area contributed by atoms with E-state index in [9.17, 15) is 19.5 Å². The summed E-state index contributed by atoms with van der Waals surface area (Å²) in [5.41, 5.74) is 1.55. The number of aliphatic carboxylic acids is 1. The first kappa shape index (κ1) is 21.9. The van der Waals surface area contributed by atoms with Crippen LogP contribution in [0.3, 0.4) is 0 Å². The lowest BCUT2D eigenvalue weighted by molar-refractivity contribution is -0.142. The van der Waals surface area contributed by atoms with Gasteiger partial charge in [0.05, 0.1) is 11.8 Å². The van der Waals surface area contributed by atoms with Crippen molar-refractivity contribution >= 4 is 17.8 Å². The molecule has 2 amide bonds. The normalized spacial score (nSPS) is 18.4. The number of carbonyl (C=O) groups is 3. The van der Waals surface area contributed by atoms with Crippen molar-refractivity contribution in [1.29, 1.82) is 0 Å². The number of benzene rings is 1. The number of nitrogens with zero attached hydrogens (tertiary/aromatic N) is 1. The number of carboxylic acids is 1. The van der Waals surface area contributed by atoms with Gasteiger partial charge >= 0.3 is 5.97 Å². The van der Waals surface area contributed by atoms with Crippen molar-refractivity contribution in [3.63, 3.8) is 0 Å². The summed E-state index contributed by atoms with van der Waals surface area (Å²) in [5.74, 6) is -2.00. The fourth-order valence-corrected chi connectivity index (χ4v) is 3.59. The molecule has 0 saturated carbocycles. The SMILES string of the molecule is Cc1cccc(CC(CNC(=O)C2CCCN(C(=O)C(C)(C)C)C2)C(=O)O)c1. The van der Waals surface area contributed by atoms with Crippen LogP contribution in [0.4, 0.5) is 0 Å². The molecule has 6 heteroatoms. The van der Waals surface area contributed by atoms with Crippen LogP contribution < -0.4 is 5.32 Å². The molecule has 2 unspecified atom stereocenters. The van der Waals surface area contributed by atoms with Crippen molar-refractivity contribution in [2.75, 3.05) is 19.6 Å². The van der Waals surface area contributed by atoms with Crippen LogP contribution in [0, 0.1) is 24.2 Å². The van der Waals surface area contributed by atoms with Gasteiger partial charge < -0.3 is 15.3 Å². The molecule has 1 aromatic rings. The predicted molar refractivity (Wildman–Crippen MR) is 108 cm³/mol. The maximum Gasteiger partial charge on any atom is 0.308 e. The molecule has 0 aliphatic carbocycles. The number of amides is 2. The summed E-state index contributed by atoms with van der Waals surface area (Å²) in [6.07, 6.45) is 1.87. The smallest absolute Gasteiger partial charge is 0.308 e. The second-order valence-corrected chi connectivity index (χ2v) is 8.81. The van der Waals surface area contributed by atoms with Crippen molar-refractivity contribution in [3.8, 4) is 0 Å². The van der Waals surface area contributed by atoms with Crippen LogP contribution in [-0.2, 0) is 20.8 Å². The Hall–Kier alpha value is -2.37. The molecule has 0 spiro atoms.